The largest absolute Gasteiger partial charge is 0.480 e. The molecule has 1 fully saturated rings. The van der Waals surface area contributed by atoms with Gasteiger partial charge in [0, 0.05) is 6.04 Å². The topological polar surface area (TPSA) is 58.6 Å². The van der Waals surface area contributed by atoms with Gasteiger partial charge in [-0.05, 0) is 12.0 Å². The highest BCUT2D eigenvalue weighted by Gasteiger charge is 2.33. The number of hydrogen-bond acceptors (Lipinski definition) is 3. The van der Waals surface area contributed by atoms with E-state index in [-0.39, 0.29) is 18.8 Å². The maximum absolute atomic E-state index is 10.9. The van der Waals surface area contributed by atoms with Crippen molar-refractivity contribution in [2.75, 3.05) is 6.61 Å². The maximum Gasteiger partial charge on any atom is 0.323 e. The third kappa shape index (κ3) is 2.65. The molecule has 17 heavy (non-hydrogen) atoms. The highest BCUT2D eigenvalue weighted by molar-refractivity contribution is 5.73. The average Bonchev–Trinajstić information content (AvgIpc) is 2.39. The number of carbonyl (C=O) groups is 1. The van der Waals surface area contributed by atoms with E-state index < -0.39 is 12.0 Å². The number of morpholine rings is 1. The molecule has 1 heterocycles. The lowest BCUT2D eigenvalue weighted by atomic mass is 9.97. The predicted octanol–water partition coefficient (Wildman–Crippen LogP) is 1.58. The molecule has 4 heteroatoms. The normalized spacial score (nSPS) is 28.9. The van der Waals surface area contributed by atoms with Crippen LogP contribution in [0, 0.1) is 0 Å². The predicted molar refractivity (Wildman–Crippen MR) is 63.8 cm³/mol. The van der Waals surface area contributed by atoms with E-state index in [0.29, 0.717) is 0 Å². The fourth-order valence-electron chi connectivity index (χ4n) is 2.16. The van der Waals surface area contributed by atoms with E-state index in [4.69, 9.17) is 9.84 Å². The summed E-state index contributed by atoms with van der Waals surface area (Å²) < 4.78 is 5.70. The lowest BCUT2D eigenvalue weighted by Gasteiger charge is -2.35. The fourth-order valence-corrected chi connectivity index (χ4v) is 2.16. The van der Waals surface area contributed by atoms with Gasteiger partial charge in [0.15, 0.2) is 0 Å². The molecule has 0 bridgehead atoms. The zero-order valence-corrected chi connectivity index (χ0v) is 9.80. The molecule has 1 aliphatic rings. The quantitative estimate of drug-likeness (QED) is 0.835. The molecule has 1 saturated heterocycles. The monoisotopic (exact) mass is 235 g/mol. The molecule has 0 aliphatic carbocycles. The van der Waals surface area contributed by atoms with Crippen LogP contribution in [0.5, 0.6) is 0 Å². The van der Waals surface area contributed by atoms with Crippen molar-refractivity contribution in [1.29, 1.82) is 0 Å². The molecule has 0 amide bonds. The molecule has 0 spiro atoms. The van der Waals surface area contributed by atoms with Crippen LogP contribution in [0.15, 0.2) is 30.3 Å². The van der Waals surface area contributed by atoms with Crippen LogP contribution in [0.4, 0.5) is 0 Å². The van der Waals surface area contributed by atoms with Crippen molar-refractivity contribution in [3.8, 4) is 0 Å². The molecule has 0 aromatic heterocycles. The Morgan fingerprint density at radius 1 is 1.47 bits per heavy atom. The molecule has 0 saturated carbocycles. The Balaban J connectivity index is 2.12. The van der Waals surface area contributed by atoms with E-state index in [1.54, 1.807) is 0 Å². The fraction of sp³-hybridized carbons (Fsp3) is 0.462. The van der Waals surface area contributed by atoms with Crippen molar-refractivity contribution < 1.29 is 14.6 Å². The Bertz CT molecular complexity index is 380. The van der Waals surface area contributed by atoms with Crippen molar-refractivity contribution in [3.05, 3.63) is 35.9 Å². The van der Waals surface area contributed by atoms with Crippen LogP contribution < -0.4 is 5.32 Å². The summed E-state index contributed by atoms with van der Waals surface area (Å²) in [5.41, 5.74) is 1.09. The van der Waals surface area contributed by atoms with Gasteiger partial charge in [-0.1, -0.05) is 37.3 Å². The molecule has 3 atom stereocenters. The number of benzene rings is 1. The summed E-state index contributed by atoms with van der Waals surface area (Å²) in [5, 5.41) is 12.1. The van der Waals surface area contributed by atoms with Gasteiger partial charge in [-0.3, -0.25) is 10.1 Å². The van der Waals surface area contributed by atoms with Crippen molar-refractivity contribution >= 4 is 5.97 Å². The van der Waals surface area contributed by atoms with E-state index in [1.165, 1.54) is 0 Å². The average molecular weight is 235 g/mol. The zero-order valence-electron chi connectivity index (χ0n) is 9.80. The van der Waals surface area contributed by atoms with Gasteiger partial charge in [-0.25, -0.2) is 0 Å². The summed E-state index contributed by atoms with van der Waals surface area (Å²) in [6.07, 6.45) is 0.778. The van der Waals surface area contributed by atoms with Gasteiger partial charge in [0.2, 0.25) is 0 Å². The number of nitrogens with one attached hydrogen (secondary N) is 1. The Kier molecular flexibility index (Phi) is 3.76. The van der Waals surface area contributed by atoms with Crippen LogP contribution in [0.2, 0.25) is 0 Å². The van der Waals surface area contributed by atoms with Crippen molar-refractivity contribution in [1.82, 2.24) is 5.32 Å². The highest BCUT2D eigenvalue weighted by atomic mass is 16.5. The van der Waals surface area contributed by atoms with Gasteiger partial charge in [0.25, 0.3) is 0 Å². The van der Waals surface area contributed by atoms with Gasteiger partial charge in [-0.2, -0.15) is 0 Å². The molecular formula is C13H17NO3. The van der Waals surface area contributed by atoms with Crippen LogP contribution in [0.3, 0.4) is 0 Å². The SMILES string of the molecule is CCC1NC(C(=O)O)COC1c1ccccc1. The molecule has 2 N–H and O–H groups in total. The second-order valence-electron chi connectivity index (χ2n) is 4.24. The smallest absolute Gasteiger partial charge is 0.323 e. The van der Waals surface area contributed by atoms with Crippen molar-refractivity contribution in [2.24, 2.45) is 0 Å². The minimum absolute atomic E-state index is 0.0484. The minimum atomic E-state index is -0.852. The molecule has 1 aliphatic heterocycles. The van der Waals surface area contributed by atoms with Gasteiger partial charge in [0.1, 0.15) is 6.04 Å². The first kappa shape index (κ1) is 12.1. The molecule has 92 valence electrons. The summed E-state index contributed by atoms with van der Waals surface area (Å²) >= 11 is 0. The van der Waals surface area contributed by atoms with E-state index in [0.717, 1.165) is 12.0 Å². The zero-order chi connectivity index (χ0) is 12.3. The van der Waals surface area contributed by atoms with E-state index in [1.807, 2.05) is 37.3 Å². The maximum atomic E-state index is 10.9. The van der Waals surface area contributed by atoms with Crippen LogP contribution >= 0.6 is 0 Å². The number of carboxylic acid groups (broad SMARTS) is 1. The first-order chi connectivity index (χ1) is 8.22. The van der Waals surface area contributed by atoms with Crippen LogP contribution in [-0.2, 0) is 9.53 Å². The Morgan fingerprint density at radius 2 is 2.18 bits per heavy atom. The minimum Gasteiger partial charge on any atom is -0.480 e. The summed E-state index contributed by atoms with van der Waals surface area (Å²) in [5.74, 6) is -0.852. The second kappa shape index (κ2) is 5.29. The lowest BCUT2D eigenvalue weighted by Crippen LogP contribution is -2.53. The van der Waals surface area contributed by atoms with Crippen LogP contribution in [0.25, 0.3) is 0 Å². The summed E-state index contributed by atoms with van der Waals surface area (Å²) in [6, 6.07) is 9.36. The number of ether oxygens (including phenoxy) is 1. The molecule has 1 aromatic carbocycles. The van der Waals surface area contributed by atoms with Crippen LogP contribution in [0.1, 0.15) is 25.0 Å². The summed E-state index contributed by atoms with van der Waals surface area (Å²) in [7, 11) is 0. The first-order valence-electron chi connectivity index (χ1n) is 5.87. The van der Waals surface area contributed by atoms with Gasteiger partial charge in [0.05, 0.1) is 12.7 Å². The molecule has 1 aromatic rings. The van der Waals surface area contributed by atoms with Gasteiger partial charge < -0.3 is 9.84 Å². The van der Waals surface area contributed by atoms with E-state index >= 15 is 0 Å². The Morgan fingerprint density at radius 3 is 2.76 bits per heavy atom. The number of carboxylic acids is 1. The number of aliphatic carboxylic acids is 1. The Labute approximate surface area is 101 Å². The van der Waals surface area contributed by atoms with Gasteiger partial charge >= 0.3 is 5.97 Å². The summed E-state index contributed by atoms with van der Waals surface area (Å²) in [4.78, 5) is 10.9. The number of rotatable bonds is 3. The van der Waals surface area contributed by atoms with Crippen LogP contribution in [-0.4, -0.2) is 29.8 Å². The molecule has 4 nitrogen and oxygen atoms in total. The van der Waals surface area contributed by atoms with E-state index in [9.17, 15) is 4.79 Å². The van der Waals surface area contributed by atoms with Gasteiger partial charge in [-0.15, -0.1) is 0 Å². The molecule has 3 unspecified atom stereocenters. The number of hydrogen-bond donors (Lipinski definition) is 2. The van der Waals surface area contributed by atoms with E-state index in [2.05, 4.69) is 5.32 Å². The van der Waals surface area contributed by atoms with Crippen molar-refractivity contribution in [2.45, 2.75) is 31.5 Å². The second-order valence-corrected chi connectivity index (χ2v) is 4.24. The lowest BCUT2D eigenvalue weighted by molar-refractivity contribution is -0.146. The molecule has 0 radical (unpaired) electrons. The first-order valence-corrected chi connectivity index (χ1v) is 5.87. The summed E-state index contributed by atoms with van der Waals surface area (Å²) in [6.45, 7) is 2.24. The molecular weight excluding hydrogens is 218 g/mol. The highest BCUT2D eigenvalue weighted by Crippen LogP contribution is 2.26. The third-order valence-electron chi connectivity index (χ3n) is 3.09. The third-order valence-corrected chi connectivity index (χ3v) is 3.09. The Hall–Kier alpha value is -1.39. The standard InChI is InChI=1S/C13H17NO3/c1-2-10-12(9-6-4-3-5-7-9)17-8-11(14-10)13(15)16/h3-7,10-12,14H,2,8H2,1H3,(H,15,16). The molecule has 2 rings (SSSR count). The van der Waals surface area contributed by atoms with Crippen molar-refractivity contribution in [3.63, 3.8) is 0 Å².